The van der Waals surface area contributed by atoms with Crippen LogP contribution in [0.2, 0.25) is 0 Å². The van der Waals surface area contributed by atoms with Crippen LogP contribution in [0.5, 0.6) is 0 Å². The van der Waals surface area contributed by atoms with Crippen LogP contribution in [0.25, 0.3) is 0 Å². The maximum Gasteiger partial charge on any atom is 0.410 e. The van der Waals surface area contributed by atoms with Gasteiger partial charge in [-0.05, 0) is 65.2 Å². The van der Waals surface area contributed by atoms with Crippen molar-refractivity contribution in [3.05, 3.63) is 35.6 Å². The Hall–Kier alpha value is -1.62. The highest BCUT2D eigenvalue weighted by Crippen LogP contribution is 2.29. The van der Waals surface area contributed by atoms with Gasteiger partial charge in [-0.25, -0.2) is 9.18 Å². The van der Waals surface area contributed by atoms with Gasteiger partial charge in [0.2, 0.25) is 0 Å². The number of hydrogen-bond acceptors (Lipinski definition) is 3. The first-order valence-electron chi connectivity index (χ1n) is 8.55. The molecule has 0 aliphatic carbocycles. The van der Waals surface area contributed by atoms with Crippen LogP contribution in [-0.4, -0.2) is 34.7 Å². The molecule has 1 aliphatic rings. The number of hydrogen-bond donors (Lipinski definition) is 1. The summed E-state index contributed by atoms with van der Waals surface area (Å²) < 4.78 is 18.5. The van der Waals surface area contributed by atoms with Crippen molar-refractivity contribution < 1.29 is 13.9 Å². The Bertz CT molecular complexity index is 564. The Labute approximate surface area is 144 Å². The predicted octanol–water partition coefficient (Wildman–Crippen LogP) is 4.09. The van der Waals surface area contributed by atoms with E-state index in [2.05, 4.69) is 19.2 Å². The third-order valence-electron chi connectivity index (χ3n) is 4.30. The van der Waals surface area contributed by atoms with Crippen molar-refractivity contribution in [1.82, 2.24) is 10.2 Å². The van der Waals surface area contributed by atoms with Gasteiger partial charge in [-0.15, -0.1) is 0 Å². The first kappa shape index (κ1) is 18.7. The van der Waals surface area contributed by atoms with E-state index < -0.39 is 5.60 Å². The number of nitrogens with zero attached hydrogens (tertiary/aromatic N) is 1. The van der Waals surface area contributed by atoms with Crippen molar-refractivity contribution in [3.8, 4) is 0 Å². The molecule has 1 aromatic carbocycles. The summed E-state index contributed by atoms with van der Waals surface area (Å²) in [4.78, 5) is 14.2. The zero-order valence-corrected chi connectivity index (χ0v) is 15.4. The Balaban J connectivity index is 1.90. The minimum Gasteiger partial charge on any atom is -0.444 e. The van der Waals surface area contributed by atoms with E-state index in [9.17, 15) is 9.18 Å². The van der Waals surface area contributed by atoms with Crippen molar-refractivity contribution in [2.24, 2.45) is 0 Å². The quantitative estimate of drug-likeness (QED) is 0.904. The molecule has 0 aromatic heterocycles. The Morgan fingerprint density at radius 2 is 1.96 bits per heavy atom. The monoisotopic (exact) mass is 336 g/mol. The lowest BCUT2D eigenvalue weighted by molar-refractivity contribution is -0.0110. The van der Waals surface area contributed by atoms with Crippen LogP contribution < -0.4 is 5.32 Å². The van der Waals surface area contributed by atoms with Gasteiger partial charge >= 0.3 is 6.09 Å². The summed E-state index contributed by atoms with van der Waals surface area (Å²) in [7, 11) is 0. The molecule has 0 spiro atoms. The first-order valence-corrected chi connectivity index (χ1v) is 8.55. The summed E-state index contributed by atoms with van der Waals surface area (Å²) in [5.74, 6) is -0.217. The molecule has 134 valence electrons. The molecule has 5 heteroatoms. The second-order valence-corrected chi connectivity index (χ2v) is 8.14. The summed E-state index contributed by atoms with van der Waals surface area (Å²) in [5, 5.41) is 3.52. The highest BCUT2D eigenvalue weighted by molar-refractivity contribution is 5.69. The summed E-state index contributed by atoms with van der Waals surface area (Å²) in [6.07, 6.45) is 1.49. The largest absolute Gasteiger partial charge is 0.444 e. The summed E-state index contributed by atoms with van der Waals surface area (Å²) in [6.45, 7) is 11.2. The van der Waals surface area contributed by atoms with Crippen LogP contribution >= 0.6 is 0 Å². The number of amides is 1. The molecular weight excluding hydrogens is 307 g/mol. The lowest BCUT2D eigenvalue weighted by Gasteiger charge is -2.45. The number of nitrogens with one attached hydrogen (secondary N) is 1. The van der Waals surface area contributed by atoms with E-state index in [4.69, 9.17) is 4.74 Å². The third-order valence-corrected chi connectivity index (χ3v) is 4.30. The minimum absolute atomic E-state index is 0.217. The van der Waals surface area contributed by atoms with Crippen molar-refractivity contribution in [2.75, 3.05) is 6.54 Å². The highest BCUT2D eigenvalue weighted by Gasteiger charge is 2.39. The van der Waals surface area contributed by atoms with E-state index in [-0.39, 0.29) is 17.4 Å². The molecule has 1 heterocycles. The number of halogens is 1. The fraction of sp³-hybridized carbons (Fsp3) is 0.632. The van der Waals surface area contributed by atoms with Crippen molar-refractivity contribution in [1.29, 1.82) is 0 Å². The number of ether oxygens (including phenoxy) is 1. The minimum atomic E-state index is -0.481. The average molecular weight is 336 g/mol. The number of carbonyl (C=O) groups excluding carboxylic acids is 1. The molecule has 0 saturated carbocycles. The summed E-state index contributed by atoms with van der Waals surface area (Å²) in [5.41, 5.74) is 0.315. The van der Waals surface area contributed by atoms with Crippen LogP contribution in [0.1, 0.15) is 53.0 Å². The molecule has 1 amide bonds. The van der Waals surface area contributed by atoms with Crippen LogP contribution in [-0.2, 0) is 11.3 Å². The molecule has 1 aromatic rings. The molecule has 1 saturated heterocycles. The van der Waals surface area contributed by atoms with Gasteiger partial charge in [0.25, 0.3) is 0 Å². The van der Waals surface area contributed by atoms with Crippen molar-refractivity contribution in [3.63, 3.8) is 0 Å². The highest BCUT2D eigenvalue weighted by atomic mass is 19.1. The lowest BCUT2D eigenvalue weighted by Crippen LogP contribution is -2.57. The molecule has 0 bridgehead atoms. The van der Waals surface area contributed by atoms with Gasteiger partial charge in [0.15, 0.2) is 0 Å². The standard InChI is InChI=1S/C19H29FN2O2/c1-18(2,3)24-17(23)22-11-10-16(12-19(22,4)5)21-13-14-6-8-15(20)9-7-14/h6-9,16,21H,10-13H2,1-5H3. The van der Waals surface area contributed by atoms with Crippen molar-refractivity contribution >= 4 is 6.09 Å². The molecule has 1 atom stereocenters. The topological polar surface area (TPSA) is 41.6 Å². The van der Waals surface area contributed by atoms with E-state index in [1.54, 1.807) is 12.1 Å². The Kier molecular flexibility index (Phi) is 5.53. The summed E-state index contributed by atoms with van der Waals surface area (Å²) >= 11 is 0. The Morgan fingerprint density at radius 1 is 1.33 bits per heavy atom. The molecule has 1 aliphatic heterocycles. The van der Waals surface area contributed by atoms with Gasteiger partial charge in [-0.3, -0.25) is 0 Å². The number of carbonyl (C=O) groups is 1. The van der Waals surface area contributed by atoms with Crippen LogP contribution in [0.15, 0.2) is 24.3 Å². The van der Waals surface area contributed by atoms with Gasteiger partial charge in [-0.1, -0.05) is 12.1 Å². The van der Waals surface area contributed by atoms with E-state index in [1.807, 2.05) is 25.7 Å². The van der Waals surface area contributed by atoms with Crippen LogP contribution in [0.3, 0.4) is 0 Å². The molecule has 1 N–H and O–H groups in total. The number of likely N-dealkylation sites (tertiary alicyclic amines) is 1. The second kappa shape index (κ2) is 7.09. The SMILES string of the molecule is CC(C)(C)OC(=O)N1CCC(NCc2ccc(F)cc2)CC1(C)C. The molecule has 1 fully saturated rings. The van der Waals surface area contributed by atoms with E-state index in [0.717, 1.165) is 18.4 Å². The van der Waals surface area contributed by atoms with Crippen molar-refractivity contribution in [2.45, 2.75) is 71.2 Å². The smallest absolute Gasteiger partial charge is 0.410 e. The third kappa shape index (κ3) is 5.20. The zero-order valence-electron chi connectivity index (χ0n) is 15.4. The van der Waals surface area contributed by atoms with E-state index >= 15 is 0 Å². The molecule has 1 unspecified atom stereocenters. The molecule has 4 nitrogen and oxygen atoms in total. The normalized spacial score (nSPS) is 20.8. The number of rotatable bonds is 3. The first-order chi connectivity index (χ1) is 11.1. The van der Waals surface area contributed by atoms with Gasteiger partial charge < -0.3 is 15.0 Å². The maximum absolute atomic E-state index is 12.9. The fourth-order valence-electron chi connectivity index (χ4n) is 3.10. The lowest BCUT2D eigenvalue weighted by atomic mass is 9.87. The number of benzene rings is 1. The number of piperidine rings is 1. The van der Waals surface area contributed by atoms with E-state index in [1.165, 1.54) is 12.1 Å². The Morgan fingerprint density at radius 3 is 2.50 bits per heavy atom. The molecule has 24 heavy (non-hydrogen) atoms. The van der Waals surface area contributed by atoms with Crippen LogP contribution in [0, 0.1) is 5.82 Å². The van der Waals surface area contributed by atoms with Gasteiger partial charge in [0.1, 0.15) is 11.4 Å². The summed E-state index contributed by atoms with van der Waals surface area (Å²) in [6, 6.07) is 6.87. The molecular formula is C19H29FN2O2. The average Bonchev–Trinajstić information content (AvgIpc) is 2.43. The molecule has 2 rings (SSSR count). The second-order valence-electron chi connectivity index (χ2n) is 8.14. The fourth-order valence-corrected chi connectivity index (χ4v) is 3.10. The predicted molar refractivity (Wildman–Crippen MR) is 93.3 cm³/mol. The van der Waals surface area contributed by atoms with E-state index in [0.29, 0.717) is 19.1 Å². The van der Waals surface area contributed by atoms with Crippen LogP contribution in [0.4, 0.5) is 9.18 Å². The maximum atomic E-state index is 12.9. The van der Waals surface area contributed by atoms with Gasteiger partial charge in [-0.2, -0.15) is 0 Å². The molecule has 0 radical (unpaired) electrons. The van der Waals surface area contributed by atoms with Gasteiger partial charge in [0, 0.05) is 24.7 Å². The van der Waals surface area contributed by atoms with Gasteiger partial charge in [0.05, 0.1) is 0 Å². The zero-order chi connectivity index (χ0) is 18.0.